The van der Waals surface area contributed by atoms with E-state index in [0.717, 1.165) is 16.1 Å². The molecule has 204 valence electrons. The zero-order valence-corrected chi connectivity index (χ0v) is 23.1. The highest BCUT2D eigenvalue weighted by atomic mass is 32.2. The number of esters is 2. The standard InChI is InChI=1S/C28H33FN2O6S/c1-27(2,3)37-25(32)17-30-13-9-12-28(30,4)24-16-21-22(26(33)36-5)14-20(29)15-23(21)31(24)38(34,35)18-19-10-7-6-8-11-19/h6-8,10-11,14-16H,9,12-13,17-18H2,1-5H3. The van der Waals surface area contributed by atoms with Crippen LogP contribution >= 0.6 is 0 Å². The van der Waals surface area contributed by atoms with E-state index in [2.05, 4.69) is 0 Å². The van der Waals surface area contributed by atoms with Crippen LogP contribution < -0.4 is 0 Å². The molecule has 0 spiro atoms. The number of fused-ring (bicyclic) bond motifs is 1. The molecule has 1 aromatic heterocycles. The topological polar surface area (TPSA) is 94.9 Å². The number of carbonyl (C=O) groups excluding carboxylic acids is 2. The molecule has 1 fully saturated rings. The van der Waals surface area contributed by atoms with Gasteiger partial charge >= 0.3 is 11.9 Å². The third kappa shape index (κ3) is 5.47. The maximum absolute atomic E-state index is 14.8. The van der Waals surface area contributed by atoms with Gasteiger partial charge in [0.05, 0.1) is 41.7 Å². The van der Waals surface area contributed by atoms with Crippen LogP contribution in [0.1, 0.15) is 62.2 Å². The third-order valence-electron chi connectivity index (χ3n) is 6.80. The van der Waals surface area contributed by atoms with E-state index in [4.69, 9.17) is 9.47 Å². The van der Waals surface area contributed by atoms with Crippen molar-refractivity contribution >= 4 is 32.9 Å². The van der Waals surface area contributed by atoms with E-state index >= 15 is 0 Å². The number of rotatable bonds is 7. The summed E-state index contributed by atoms with van der Waals surface area (Å²) < 4.78 is 54.3. The fraction of sp³-hybridized carbons (Fsp3) is 0.429. The Morgan fingerprint density at radius 2 is 1.79 bits per heavy atom. The minimum atomic E-state index is -4.09. The van der Waals surface area contributed by atoms with E-state index in [0.29, 0.717) is 30.6 Å². The molecule has 0 radical (unpaired) electrons. The lowest BCUT2D eigenvalue weighted by Crippen LogP contribution is -2.45. The number of halogens is 1. The number of nitrogens with zero attached hydrogens (tertiary/aromatic N) is 2. The molecule has 1 aliphatic rings. The fourth-order valence-electron chi connectivity index (χ4n) is 5.14. The monoisotopic (exact) mass is 544 g/mol. The Morgan fingerprint density at radius 1 is 1.11 bits per heavy atom. The SMILES string of the molecule is COC(=O)c1cc(F)cc2c1cc(C1(C)CCCN1CC(=O)OC(C)(C)C)n2S(=O)(=O)Cc1ccccc1. The molecule has 2 heterocycles. The Kier molecular flexibility index (Phi) is 7.42. The third-order valence-corrected chi connectivity index (χ3v) is 8.45. The molecule has 1 unspecified atom stereocenters. The van der Waals surface area contributed by atoms with Crippen molar-refractivity contribution in [2.24, 2.45) is 0 Å². The van der Waals surface area contributed by atoms with Gasteiger partial charge < -0.3 is 9.47 Å². The van der Waals surface area contributed by atoms with E-state index in [1.54, 1.807) is 57.2 Å². The molecule has 4 rings (SSSR count). The van der Waals surface area contributed by atoms with Gasteiger partial charge in [0.25, 0.3) is 0 Å². The first-order valence-corrected chi connectivity index (χ1v) is 14.0. The molecule has 0 amide bonds. The van der Waals surface area contributed by atoms with Gasteiger partial charge in [-0.25, -0.2) is 21.6 Å². The van der Waals surface area contributed by atoms with Crippen LogP contribution in [-0.2, 0) is 35.6 Å². The maximum Gasteiger partial charge on any atom is 0.338 e. The summed E-state index contributed by atoms with van der Waals surface area (Å²) in [4.78, 5) is 27.2. The highest BCUT2D eigenvalue weighted by molar-refractivity contribution is 7.89. The van der Waals surface area contributed by atoms with Crippen LogP contribution in [0.5, 0.6) is 0 Å². The molecule has 0 N–H and O–H groups in total. The molecule has 8 nitrogen and oxygen atoms in total. The summed E-state index contributed by atoms with van der Waals surface area (Å²) in [6.45, 7) is 7.70. The van der Waals surface area contributed by atoms with Gasteiger partial charge in [0, 0.05) is 5.39 Å². The predicted octanol–water partition coefficient (Wildman–Crippen LogP) is 4.60. The summed E-state index contributed by atoms with van der Waals surface area (Å²) in [5.41, 5.74) is -0.704. The predicted molar refractivity (Wildman–Crippen MR) is 142 cm³/mol. The first-order valence-electron chi connectivity index (χ1n) is 12.4. The number of likely N-dealkylation sites (tertiary alicyclic amines) is 1. The summed E-state index contributed by atoms with van der Waals surface area (Å²) in [6, 6.07) is 12.5. The van der Waals surface area contributed by atoms with Crippen LogP contribution in [0, 0.1) is 5.82 Å². The van der Waals surface area contributed by atoms with Crippen LogP contribution in [-0.4, -0.2) is 55.0 Å². The van der Waals surface area contributed by atoms with Crippen molar-refractivity contribution in [3.05, 3.63) is 71.2 Å². The van der Waals surface area contributed by atoms with Crippen LogP contribution in [0.25, 0.3) is 10.9 Å². The minimum absolute atomic E-state index is 0.0432. The molecular formula is C28H33FN2O6S. The summed E-state index contributed by atoms with van der Waals surface area (Å²) in [5.74, 6) is -2.31. The Bertz CT molecular complexity index is 1480. The summed E-state index contributed by atoms with van der Waals surface area (Å²) in [5, 5.41) is 0.259. The van der Waals surface area contributed by atoms with Crippen molar-refractivity contribution in [2.45, 2.75) is 57.4 Å². The Hall–Kier alpha value is -3.24. The number of aromatic nitrogens is 1. The van der Waals surface area contributed by atoms with Crippen LogP contribution in [0.2, 0.25) is 0 Å². The molecular weight excluding hydrogens is 511 g/mol. The smallest absolute Gasteiger partial charge is 0.338 e. The van der Waals surface area contributed by atoms with E-state index in [9.17, 15) is 22.4 Å². The average Bonchev–Trinajstić information content (AvgIpc) is 3.39. The van der Waals surface area contributed by atoms with Gasteiger partial charge in [-0.2, -0.15) is 0 Å². The number of hydrogen-bond donors (Lipinski definition) is 0. The maximum atomic E-state index is 14.8. The molecule has 2 aromatic carbocycles. The van der Waals surface area contributed by atoms with E-state index in [1.807, 2.05) is 11.8 Å². The summed E-state index contributed by atoms with van der Waals surface area (Å²) in [7, 11) is -2.91. The van der Waals surface area contributed by atoms with Crippen LogP contribution in [0.3, 0.4) is 0 Å². The van der Waals surface area contributed by atoms with Crippen molar-refractivity contribution in [1.82, 2.24) is 8.87 Å². The molecule has 1 aliphatic heterocycles. The minimum Gasteiger partial charge on any atom is -0.465 e. The molecule has 38 heavy (non-hydrogen) atoms. The van der Waals surface area contributed by atoms with Crippen molar-refractivity contribution < 1.29 is 31.9 Å². The molecule has 3 aromatic rings. The first-order chi connectivity index (χ1) is 17.7. The Balaban J connectivity index is 1.92. The van der Waals surface area contributed by atoms with Gasteiger partial charge in [0.2, 0.25) is 10.0 Å². The second kappa shape index (κ2) is 10.1. The van der Waals surface area contributed by atoms with E-state index < -0.39 is 38.9 Å². The highest BCUT2D eigenvalue weighted by Gasteiger charge is 2.44. The first kappa shape index (κ1) is 27.8. The van der Waals surface area contributed by atoms with Crippen LogP contribution in [0.4, 0.5) is 4.39 Å². The lowest BCUT2D eigenvalue weighted by Gasteiger charge is -2.36. The lowest BCUT2D eigenvalue weighted by atomic mass is 9.94. The number of carbonyl (C=O) groups is 2. The molecule has 1 saturated heterocycles. The number of benzene rings is 2. The van der Waals surface area contributed by atoms with Crippen LogP contribution in [0.15, 0.2) is 48.5 Å². The second-order valence-corrected chi connectivity index (χ2v) is 12.6. The quantitative estimate of drug-likeness (QED) is 0.401. The largest absolute Gasteiger partial charge is 0.465 e. The van der Waals surface area contributed by atoms with Crippen molar-refractivity contribution in [2.75, 3.05) is 20.2 Å². The zero-order chi connectivity index (χ0) is 27.9. The van der Waals surface area contributed by atoms with Gasteiger partial charge in [0.1, 0.15) is 11.4 Å². The van der Waals surface area contributed by atoms with Crippen molar-refractivity contribution in [3.63, 3.8) is 0 Å². The highest BCUT2D eigenvalue weighted by Crippen LogP contribution is 2.42. The summed E-state index contributed by atoms with van der Waals surface area (Å²) in [6.07, 6.45) is 1.25. The van der Waals surface area contributed by atoms with Gasteiger partial charge in [-0.05, 0) is 70.8 Å². The normalized spacial score (nSPS) is 18.6. The zero-order valence-electron chi connectivity index (χ0n) is 22.3. The Morgan fingerprint density at radius 3 is 2.42 bits per heavy atom. The average molecular weight is 545 g/mol. The number of ether oxygens (including phenoxy) is 2. The molecule has 0 aliphatic carbocycles. The van der Waals surface area contributed by atoms with E-state index in [1.165, 1.54) is 7.11 Å². The Labute approximate surface area is 222 Å². The van der Waals surface area contributed by atoms with Gasteiger partial charge in [0.15, 0.2) is 0 Å². The van der Waals surface area contributed by atoms with Gasteiger partial charge in [-0.15, -0.1) is 0 Å². The number of methoxy groups -OCH3 is 1. The second-order valence-electron chi connectivity index (χ2n) is 10.8. The van der Waals surface area contributed by atoms with Gasteiger partial charge in [-0.1, -0.05) is 30.3 Å². The molecule has 0 saturated carbocycles. The lowest BCUT2D eigenvalue weighted by molar-refractivity contribution is -0.157. The number of hydrogen-bond acceptors (Lipinski definition) is 7. The molecule has 0 bridgehead atoms. The molecule has 10 heteroatoms. The molecule has 1 atom stereocenters. The fourth-order valence-corrected chi connectivity index (χ4v) is 6.89. The van der Waals surface area contributed by atoms with E-state index in [-0.39, 0.29) is 28.8 Å². The van der Waals surface area contributed by atoms with Crippen molar-refractivity contribution in [1.29, 1.82) is 0 Å². The van der Waals surface area contributed by atoms with Crippen molar-refractivity contribution in [3.8, 4) is 0 Å². The van der Waals surface area contributed by atoms with Gasteiger partial charge in [-0.3, -0.25) is 9.69 Å². The summed E-state index contributed by atoms with van der Waals surface area (Å²) >= 11 is 0.